The number of carbonyl (C=O) groups excluding carboxylic acids is 2. The van der Waals surface area contributed by atoms with Gasteiger partial charge in [-0.05, 0) is 25.0 Å². The minimum Gasteiger partial charge on any atom is -0.457 e. The van der Waals surface area contributed by atoms with Crippen LogP contribution in [0.25, 0.3) is 0 Å². The molecular formula is C16H20Cl2N4O3. The van der Waals surface area contributed by atoms with Crippen LogP contribution >= 0.6 is 24.8 Å². The molecule has 0 radical (unpaired) electrons. The number of amides is 1. The van der Waals surface area contributed by atoms with E-state index >= 15 is 0 Å². The summed E-state index contributed by atoms with van der Waals surface area (Å²) < 4.78 is 5.43. The highest BCUT2D eigenvalue weighted by Crippen LogP contribution is 2.21. The number of ether oxygens (including phenoxy) is 1. The highest BCUT2D eigenvalue weighted by molar-refractivity contribution is 5.89. The zero-order valence-electron chi connectivity index (χ0n) is 13.5. The molecular weight excluding hydrogens is 367 g/mol. The maximum atomic E-state index is 12.5. The lowest BCUT2D eigenvalue weighted by atomic mass is 10.1. The summed E-state index contributed by atoms with van der Waals surface area (Å²) >= 11 is 0. The summed E-state index contributed by atoms with van der Waals surface area (Å²) in [7, 11) is 0. The van der Waals surface area contributed by atoms with Gasteiger partial charge in [-0.15, -0.1) is 24.8 Å². The number of carbonyl (C=O) groups is 2. The van der Waals surface area contributed by atoms with Gasteiger partial charge < -0.3 is 15.0 Å². The first-order chi connectivity index (χ1) is 11.2. The standard InChI is InChI=1S/C16H18N4O3.2ClH/c17-9-12-2-1-7-20(12)15(21)14-8-13(10-19-14)23-16(22)11-3-5-18-6-4-11;;/h3-6,12-14,19H,1-2,7-8,10H2;2*1H/t12-,13?,14?;;/m0../s1. The van der Waals surface area contributed by atoms with Gasteiger partial charge in [-0.2, -0.15) is 5.26 Å². The summed E-state index contributed by atoms with van der Waals surface area (Å²) in [4.78, 5) is 30.0. The van der Waals surface area contributed by atoms with Gasteiger partial charge in [-0.1, -0.05) is 0 Å². The summed E-state index contributed by atoms with van der Waals surface area (Å²) in [5, 5.41) is 12.2. The molecule has 7 nitrogen and oxygen atoms in total. The second-order valence-electron chi connectivity index (χ2n) is 5.78. The van der Waals surface area contributed by atoms with Crippen LogP contribution in [-0.4, -0.2) is 53.0 Å². The SMILES string of the molecule is Cl.Cl.N#C[C@@H]1CCCN1C(=O)C1CC(OC(=O)c2ccncc2)CN1. The maximum Gasteiger partial charge on any atom is 0.338 e. The minimum absolute atomic E-state index is 0. The van der Waals surface area contributed by atoms with Crippen LogP contribution in [-0.2, 0) is 9.53 Å². The molecule has 1 N–H and O–H groups in total. The van der Waals surface area contributed by atoms with E-state index in [4.69, 9.17) is 10.00 Å². The number of rotatable bonds is 3. The Morgan fingerprint density at radius 3 is 2.72 bits per heavy atom. The second kappa shape index (κ2) is 9.56. The van der Waals surface area contributed by atoms with Crippen molar-refractivity contribution in [1.29, 1.82) is 5.26 Å². The average Bonchev–Trinajstić information content (AvgIpc) is 3.24. The number of halogens is 2. The van der Waals surface area contributed by atoms with Crippen LogP contribution in [0.3, 0.4) is 0 Å². The number of pyridine rings is 1. The van der Waals surface area contributed by atoms with Gasteiger partial charge in [0.2, 0.25) is 5.91 Å². The molecule has 1 amide bonds. The van der Waals surface area contributed by atoms with Gasteiger partial charge >= 0.3 is 5.97 Å². The summed E-state index contributed by atoms with van der Waals surface area (Å²) in [6, 6.07) is 4.63. The van der Waals surface area contributed by atoms with Crippen molar-refractivity contribution in [3.05, 3.63) is 30.1 Å². The summed E-state index contributed by atoms with van der Waals surface area (Å²) in [5.74, 6) is -0.486. The van der Waals surface area contributed by atoms with Crippen molar-refractivity contribution in [2.24, 2.45) is 0 Å². The topological polar surface area (TPSA) is 95.3 Å². The van der Waals surface area contributed by atoms with Crippen LogP contribution in [0.2, 0.25) is 0 Å². The zero-order chi connectivity index (χ0) is 16.2. The van der Waals surface area contributed by atoms with Gasteiger partial charge in [-0.25, -0.2) is 4.79 Å². The molecule has 0 aromatic carbocycles. The summed E-state index contributed by atoms with van der Waals surface area (Å²) in [6.07, 6.45) is 4.75. The molecule has 25 heavy (non-hydrogen) atoms. The lowest BCUT2D eigenvalue weighted by Crippen LogP contribution is -2.45. The Balaban J connectivity index is 0.00000156. The fourth-order valence-electron chi connectivity index (χ4n) is 3.05. The van der Waals surface area contributed by atoms with E-state index in [0.717, 1.165) is 12.8 Å². The maximum absolute atomic E-state index is 12.5. The van der Waals surface area contributed by atoms with E-state index in [1.807, 2.05) is 0 Å². The number of nitrogens with zero attached hydrogens (tertiary/aromatic N) is 3. The van der Waals surface area contributed by atoms with Crippen LogP contribution in [0.5, 0.6) is 0 Å². The molecule has 0 spiro atoms. The normalized spacial score (nSPS) is 24.6. The molecule has 2 saturated heterocycles. The van der Waals surface area contributed by atoms with E-state index in [1.165, 1.54) is 12.4 Å². The number of likely N-dealkylation sites (tertiary alicyclic amines) is 1. The molecule has 0 bridgehead atoms. The molecule has 3 atom stereocenters. The van der Waals surface area contributed by atoms with Crippen molar-refractivity contribution in [2.45, 2.75) is 37.5 Å². The molecule has 0 saturated carbocycles. The lowest BCUT2D eigenvalue weighted by molar-refractivity contribution is -0.133. The largest absolute Gasteiger partial charge is 0.457 e. The van der Waals surface area contributed by atoms with E-state index in [2.05, 4.69) is 16.4 Å². The quantitative estimate of drug-likeness (QED) is 0.787. The van der Waals surface area contributed by atoms with Crippen LogP contribution in [0.15, 0.2) is 24.5 Å². The number of hydrogen-bond donors (Lipinski definition) is 1. The third kappa shape index (κ3) is 4.82. The van der Waals surface area contributed by atoms with E-state index in [0.29, 0.717) is 25.1 Å². The van der Waals surface area contributed by atoms with Crippen LogP contribution in [0, 0.1) is 11.3 Å². The number of nitriles is 1. The molecule has 136 valence electrons. The first kappa shape index (κ1) is 21.2. The van der Waals surface area contributed by atoms with Crippen molar-refractivity contribution in [1.82, 2.24) is 15.2 Å². The van der Waals surface area contributed by atoms with Gasteiger partial charge in [0.25, 0.3) is 0 Å². The Kier molecular flexibility index (Phi) is 8.10. The van der Waals surface area contributed by atoms with Gasteiger partial charge in [0.05, 0.1) is 17.7 Å². The van der Waals surface area contributed by atoms with Gasteiger partial charge in [0.15, 0.2) is 0 Å². The Labute approximate surface area is 158 Å². The fraction of sp³-hybridized carbons (Fsp3) is 0.500. The Morgan fingerprint density at radius 2 is 2.04 bits per heavy atom. The molecule has 2 unspecified atom stereocenters. The van der Waals surface area contributed by atoms with Gasteiger partial charge in [0, 0.05) is 31.9 Å². The number of aromatic nitrogens is 1. The van der Waals surface area contributed by atoms with E-state index < -0.39 is 5.97 Å². The van der Waals surface area contributed by atoms with Crippen LogP contribution in [0.1, 0.15) is 29.6 Å². The summed E-state index contributed by atoms with van der Waals surface area (Å²) in [6.45, 7) is 1.06. The third-order valence-electron chi connectivity index (χ3n) is 4.26. The Bertz CT molecular complexity index is 638. The number of nitrogens with one attached hydrogen (secondary N) is 1. The van der Waals surface area contributed by atoms with Gasteiger partial charge in [-0.3, -0.25) is 9.78 Å². The molecule has 1 aromatic rings. The predicted octanol–water partition coefficient (Wildman–Crippen LogP) is 1.33. The zero-order valence-corrected chi connectivity index (χ0v) is 15.1. The lowest BCUT2D eigenvalue weighted by Gasteiger charge is -2.23. The third-order valence-corrected chi connectivity index (χ3v) is 4.26. The fourth-order valence-corrected chi connectivity index (χ4v) is 3.05. The minimum atomic E-state index is -0.414. The molecule has 2 aliphatic heterocycles. The predicted molar refractivity (Wildman–Crippen MR) is 94.7 cm³/mol. The van der Waals surface area contributed by atoms with E-state index in [1.54, 1.807) is 17.0 Å². The van der Waals surface area contributed by atoms with Gasteiger partial charge in [0.1, 0.15) is 12.1 Å². The van der Waals surface area contributed by atoms with Crippen molar-refractivity contribution >= 4 is 36.7 Å². The van der Waals surface area contributed by atoms with Crippen molar-refractivity contribution in [3.63, 3.8) is 0 Å². The van der Waals surface area contributed by atoms with E-state index in [9.17, 15) is 9.59 Å². The first-order valence-corrected chi connectivity index (χ1v) is 7.73. The molecule has 2 fully saturated rings. The first-order valence-electron chi connectivity index (χ1n) is 7.73. The molecule has 1 aromatic heterocycles. The smallest absolute Gasteiger partial charge is 0.338 e. The Hall–Kier alpha value is -1.88. The van der Waals surface area contributed by atoms with Crippen molar-refractivity contribution in [3.8, 4) is 6.07 Å². The molecule has 9 heteroatoms. The highest BCUT2D eigenvalue weighted by atomic mass is 35.5. The monoisotopic (exact) mass is 386 g/mol. The summed E-state index contributed by atoms with van der Waals surface area (Å²) in [5.41, 5.74) is 0.443. The Morgan fingerprint density at radius 1 is 1.32 bits per heavy atom. The molecule has 3 heterocycles. The van der Waals surface area contributed by atoms with Crippen molar-refractivity contribution in [2.75, 3.05) is 13.1 Å². The molecule has 2 aliphatic rings. The van der Waals surface area contributed by atoms with Crippen molar-refractivity contribution < 1.29 is 14.3 Å². The van der Waals surface area contributed by atoms with Crippen LogP contribution in [0.4, 0.5) is 0 Å². The number of esters is 1. The molecule has 0 aliphatic carbocycles. The highest BCUT2D eigenvalue weighted by Gasteiger charge is 2.38. The molecule has 3 rings (SSSR count). The second-order valence-corrected chi connectivity index (χ2v) is 5.78. The van der Waals surface area contributed by atoms with E-state index in [-0.39, 0.29) is 48.9 Å². The average molecular weight is 387 g/mol. The van der Waals surface area contributed by atoms with Crippen LogP contribution < -0.4 is 5.32 Å². The number of hydrogen-bond acceptors (Lipinski definition) is 6.